The second-order valence-corrected chi connectivity index (χ2v) is 4.05. The van der Waals surface area contributed by atoms with Crippen LogP contribution in [0.4, 0.5) is 0 Å². The van der Waals surface area contributed by atoms with E-state index < -0.39 is 8.26 Å². The summed E-state index contributed by atoms with van der Waals surface area (Å²) in [6.45, 7) is 0. The van der Waals surface area contributed by atoms with Gasteiger partial charge in [-0.3, -0.25) is 0 Å². The minimum atomic E-state index is -3.72. The monoisotopic (exact) mass is 174 g/mol. The van der Waals surface area contributed by atoms with Gasteiger partial charge < -0.3 is 5.48 Å². The molecule has 40 valence electrons. The van der Waals surface area contributed by atoms with E-state index >= 15 is 0 Å². The van der Waals surface area contributed by atoms with Gasteiger partial charge in [-0.05, 0) is 0 Å². The van der Waals surface area contributed by atoms with Gasteiger partial charge in [-0.25, -0.2) is 0 Å². The van der Waals surface area contributed by atoms with Crippen molar-refractivity contribution in [1.82, 2.24) is 0 Å². The third-order valence-corrected chi connectivity index (χ3v) is 0. The minimum Gasteiger partial charge on any atom is -0.870 e. The average Bonchev–Trinajstić information content (AvgIpc) is 0.722. The topological polar surface area (TPSA) is 64.1 Å². The summed E-state index contributed by atoms with van der Waals surface area (Å²) in [7, 11) is 4.81. The molecule has 0 aromatic rings. The van der Waals surface area contributed by atoms with Gasteiger partial charge in [0.1, 0.15) is 0 Å². The van der Waals surface area contributed by atoms with Gasteiger partial charge in [0.25, 0.3) is 0 Å². The van der Waals surface area contributed by atoms with Gasteiger partial charge in [0.05, 0.1) is 0 Å². The van der Waals surface area contributed by atoms with E-state index in [2.05, 4.69) is 21.4 Å². The Labute approximate surface area is 72.5 Å². The van der Waals surface area contributed by atoms with Crippen LogP contribution in [0.3, 0.4) is 0 Å². The van der Waals surface area contributed by atoms with Crippen molar-refractivity contribution in [2.75, 3.05) is 0 Å². The predicted octanol–water partition coefficient (Wildman–Crippen LogP) is -2.46. The summed E-state index contributed by atoms with van der Waals surface area (Å²) in [5.41, 5.74) is 0. The molecule has 0 heterocycles. The summed E-state index contributed by atoms with van der Waals surface area (Å²) >= 11 is 0. The Balaban J connectivity index is -0.0000000800. The summed E-state index contributed by atoms with van der Waals surface area (Å²) in [5, 5.41) is 0. The van der Waals surface area contributed by atoms with Gasteiger partial charge in [-0.2, -0.15) is 8.42 Å². The standard InChI is InChI=1S/Cl2O2S.Na.H2O/c1-5(2,3)4;;/h;;1H2/q;+1;/p-1. The van der Waals surface area contributed by atoms with E-state index in [0.29, 0.717) is 0 Å². The molecule has 0 saturated heterocycles. The molecular formula is HCl2NaO3S. The minimum absolute atomic E-state index is 0. The Bertz CT molecular complexity index is 96.1. The Hall–Kier alpha value is 1.49. The Kier molecular flexibility index (Phi) is 12.7. The van der Waals surface area contributed by atoms with Crippen molar-refractivity contribution in [2.24, 2.45) is 0 Å². The summed E-state index contributed by atoms with van der Waals surface area (Å²) in [6, 6.07) is 0. The van der Waals surface area contributed by atoms with E-state index in [0.717, 1.165) is 0 Å². The summed E-state index contributed by atoms with van der Waals surface area (Å²) in [4.78, 5) is 0. The summed E-state index contributed by atoms with van der Waals surface area (Å²) in [6.07, 6.45) is 0. The molecule has 0 unspecified atom stereocenters. The third kappa shape index (κ3) is 102. The van der Waals surface area contributed by atoms with Crippen molar-refractivity contribution < 1.29 is 43.5 Å². The number of rotatable bonds is 0. The van der Waals surface area contributed by atoms with Gasteiger partial charge in [0, 0.05) is 21.4 Å². The molecule has 0 aliphatic rings. The second kappa shape index (κ2) is 5.62. The van der Waals surface area contributed by atoms with E-state index in [1.165, 1.54) is 0 Å². The van der Waals surface area contributed by atoms with E-state index in [4.69, 9.17) is 8.42 Å². The zero-order valence-corrected chi connectivity index (χ0v) is 7.76. The van der Waals surface area contributed by atoms with Crippen molar-refractivity contribution in [1.29, 1.82) is 0 Å². The fourth-order valence-electron chi connectivity index (χ4n) is 0. The zero-order valence-electron chi connectivity index (χ0n) is 3.43. The first-order chi connectivity index (χ1) is 2.00. The molecule has 0 fully saturated rings. The smallest absolute Gasteiger partial charge is 0.870 e. The van der Waals surface area contributed by atoms with Crippen LogP contribution in [-0.4, -0.2) is 13.9 Å². The fraction of sp³-hybridized carbons (Fsp3) is 0. The van der Waals surface area contributed by atoms with Crippen molar-refractivity contribution in [3.8, 4) is 0 Å². The van der Waals surface area contributed by atoms with Gasteiger partial charge in [0.15, 0.2) is 0 Å². The molecule has 7 heteroatoms. The van der Waals surface area contributed by atoms with Gasteiger partial charge in [-0.1, -0.05) is 0 Å². The molecule has 0 bridgehead atoms. The molecule has 0 spiro atoms. The van der Waals surface area contributed by atoms with E-state index in [9.17, 15) is 0 Å². The third-order valence-electron chi connectivity index (χ3n) is 0. The molecule has 0 aromatic carbocycles. The molecule has 0 saturated carbocycles. The van der Waals surface area contributed by atoms with E-state index in [1.54, 1.807) is 0 Å². The molecule has 0 rings (SSSR count). The van der Waals surface area contributed by atoms with E-state index in [1.807, 2.05) is 0 Å². The SMILES string of the molecule is O=S(=O)(Cl)Cl.[Na+].[OH-]. The molecular weight excluding hydrogens is 174 g/mol. The first-order valence-electron chi connectivity index (χ1n) is 0.642. The molecule has 7 heavy (non-hydrogen) atoms. The van der Waals surface area contributed by atoms with Crippen LogP contribution in [0.1, 0.15) is 0 Å². The largest absolute Gasteiger partial charge is 1.00 e. The fourth-order valence-corrected chi connectivity index (χ4v) is 0. The molecule has 1 N–H and O–H groups in total. The van der Waals surface area contributed by atoms with Crippen LogP contribution < -0.4 is 29.6 Å². The molecule has 0 amide bonds. The maximum atomic E-state index is 9.16. The van der Waals surface area contributed by atoms with Crippen LogP contribution >= 0.6 is 21.4 Å². The normalized spacial score (nSPS) is 8.29. The van der Waals surface area contributed by atoms with Crippen LogP contribution in [0.15, 0.2) is 0 Å². The molecule has 0 atom stereocenters. The first-order valence-corrected chi connectivity index (χ1v) is 3.78. The summed E-state index contributed by atoms with van der Waals surface area (Å²) in [5.74, 6) is 0. The van der Waals surface area contributed by atoms with Crippen LogP contribution in [0.25, 0.3) is 0 Å². The maximum Gasteiger partial charge on any atom is 1.00 e. The van der Waals surface area contributed by atoms with Gasteiger partial charge in [0.2, 0.25) is 0 Å². The van der Waals surface area contributed by atoms with Crippen molar-refractivity contribution in [3.05, 3.63) is 0 Å². The maximum absolute atomic E-state index is 9.16. The molecule has 0 aromatic heterocycles. The summed E-state index contributed by atoms with van der Waals surface area (Å²) < 4.78 is 18.3. The van der Waals surface area contributed by atoms with Crippen molar-refractivity contribution in [3.63, 3.8) is 0 Å². The number of hydrogen-bond donors (Lipinski definition) is 0. The van der Waals surface area contributed by atoms with Crippen LogP contribution in [0.2, 0.25) is 0 Å². The van der Waals surface area contributed by atoms with Gasteiger partial charge in [-0.15, -0.1) is 0 Å². The first kappa shape index (κ1) is 15.8. The molecule has 0 aliphatic heterocycles. The molecule has 3 nitrogen and oxygen atoms in total. The second-order valence-electron chi connectivity index (χ2n) is 0.378. The number of halogens is 2. The van der Waals surface area contributed by atoms with Crippen LogP contribution in [-0.2, 0) is 8.26 Å². The average molecular weight is 175 g/mol. The Morgan fingerprint density at radius 3 is 1.14 bits per heavy atom. The predicted molar refractivity (Wildman–Crippen MR) is 22.6 cm³/mol. The van der Waals surface area contributed by atoms with Crippen molar-refractivity contribution >= 4 is 29.6 Å². The van der Waals surface area contributed by atoms with Crippen LogP contribution in [0, 0.1) is 0 Å². The van der Waals surface area contributed by atoms with Crippen LogP contribution in [0.5, 0.6) is 0 Å². The Morgan fingerprint density at radius 2 is 1.14 bits per heavy atom. The zero-order chi connectivity index (χ0) is 4.50. The van der Waals surface area contributed by atoms with E-state index in [-0.39, 0.29) is 35.0 Å². The Morgan fingerprint density at radius 1 is 1.14 bits per heavy atom. The van der Waals surface area contributed by atoms with Gasteiger partial charge >= 0.3 is 37.8 Å². The van der Waals surface area contributed by atoms with Crippen molar-refractivity contribution in [2.45, 2.75) is 0 Å². The molecule has 0 aliphatic carbocycles. The number of hydrogen-bond acceptors (Lipinski definition) is 3. The molecule has 0 radical (unpaired) electrons. The quantitative estimate of drug-likeness (QED) is 0.303.